The van der Waals surface area contributed by atoms with Gasteiger partial charge in [-0.1, -0.05) is 0 Å². The zero-order valence-electron chi connectivity index (χ0n) is 15.5. The summed E-state index contributed by atoms with van der Waals surface area (Å²) in [5.74, 6) is -1.09. The number of hydrogen-bond acceptors (Lipinski definition) is 7. The molecule has 2 amide bonds. The second-order valence-electron chi connectivity index (χ2n) is 6.24. The first-order valence-corrected chi connectivity index (χ1v) is 10.5. The van der Waals surface area contributed by atoms with Gasteiger partial charge in [0.1, 0.15) is 4.88 Å². The van der Waals surface area contributed by atoms with E-state index >= 15 is 0 Å². The summed E-state index contributed by atoms with van der Waals surface area (Å²) < 4.78 is 11.1. The van der Waals surface area contributed by atoms with Crippen molar-refractivity contribution >= 4 is 56.4 Å². The van der Waals surface area contributed by atoms with Gasteiger partial charge in [-0.25, -0.2) is 4.79 Å². The number of thiophene rings is 1. The van der Waals surface area contributed by atoms with Crippen LogP contribution in [0.15, 0.2) is 40.2 Å². The van der Waals surface area contributed by atoms with E-state index in [2.05, 4.69) is 26.6 Å². The van der Waals surface area contributed by atoms with Crippen molar-refractivity contribution in [2.45, 2.75) is 0 Å². The predicted molar refractivity (Wildman–Crippen MR) is 113 cm³/mol. The molecule has 2 heterocycles. The second kappa shape index (κ2) is 10.5. The number of nitrogens with zero attached hydrogens (tertiary/aromatic N) is 1. The van der Waals surface area contributed by atoms with Crippen LogP contribution in [-0.2, 0) is 19.1 Å². The number of halogens is 1. The van der Waals surface area contributed by atoms with Crippen LogP contribution >= 0.6 is 27.3 Å². The fraction of sp³-hybridized carbons (Fsp3) is 0.316. The Morgan fingerprint density at radius 3 is 2.21 bits per heavy atom. The highest BCUT2D eigenvalue weighted by Crippen LogP contribution is 2.22. The Labute approximate surface area is 180 Å². The summed E-state index contributed by atoms with van der Waals surface area (Å²) >= 11 is 4.50. The molecule has 0 aliphatic carbocycles. The van der Waals surface area contributed by atoms with Crippen LogP contribution in [0.5, 0.6) is 0 Å². The number of benzene rings is 1. The van der Waals surface area contributed by atoms with Crippen molar-refractivity contribution in [2.75, 3.05) is 50.1 Å². The summed E-state index contributed by atoms with van der Waals surface area (Å²) in [6.07, 6.45) is 0. The third-order valence-electron chi connectivity index (χ3n) is 4.03. The van der Waals surface area contributed by atoms with Crippen LogP contribution in [0.1, 0.15) is 9.67 Å². The van der Waals surface area contributed by atoms with E-state index < -0.39 is 11.9 Å². The SMILES string of the molecule is O=C(COC(=O)c1ccc(Br)s1)Nc1ccc(NC(=O)CN2CCOCC2)cc1. The Morgan fingerprint density at radius 1 is 1.00 bits per heavy atom. The van der Waals surface area contributed by atoms with Crippen molar-refractivity contribution in [2.24, 2.45) is 0 Å². The first-order valence-electron chi connectivity index (χ1n) is 8.92. The van der Waals surface area contributed by atoms with E-state index in [-0.39, 0.29) is 12.5 Å². The molecule has 1 aliphatic heterocycles. The van der Waals surface area contributed by atoms with Crippen LogP contribution in [0.25, 0.3) is 0 Å². The lowest BCUT2D eigenvalue weighted by Gasteiger charge is -2.25. The van der Waals surface area contributed by atoms with Crippen LogP contribution in [0.2, 0.25) is 0 Å². The number of carbonyl (C=O) groups is 3. The molecule has 0 atom stereocenters. The first kappa shape index (κ1) is 21.4. The highest BCUT2D eigenvalue weighted by atomic mass is 79.9. The summed E-state index contributed by atoms with van der Waals surface area (Å²) in [6.45, 7) is 2.70. The van der Waals surface area contributed by atoms with Gasteiger partial charge >= 0.3 is 5.97 Å². The number of hydrogen-bond donors (Lipinski definition) is 2. The van der Waals surface area contributed by atoms with Crippen molar-refractivity contribution in [3.05, 3.63) is 45.1 Å². The summed E-state index contributed by atoms with van der Waals surface area (Å²) in [6, 6.07) is 10.1. The molecule has 154 valence electrons. The highest BCUT2D eigenvalue weighted by molar-refractivity contribution is 9.11. The standard InChI is InChI=1S/C19H20BrN3O5S/c20-16-6-5-15(29-16)19(26)28-12-18(25)22-14-3-1-13(2-4-14)21-17(24)11-23-7-9-27-10-8-23/h1-6H,7-12H2,(H,21,24)(H,22,25). The van der Waals surface area contributed by atoms with Crippen molar-refractivity contribution in [1.82, 2.24) is 4.90 Å². The smallest absolute Gasteiger partial charge is 0.348 e. The molecule has 1 fully saturated rings. The number of carbonyl (C=O) groups excluding carboxylic acids is 3. The lowest BCUT2D eigenvalue weighted by molar-refractivity contribution is -0.119. The molecular formula is C19H20BrN3O5S. The van der Waals surface area contributed by atoms with Gasteiger partial charge in [0, 0.05) is 24.5 Å². The molecule has 1 aromatic carbocycles. The number of anilines is 2. The average molecular weight is 482 g/mol. The van der Waals surface area contributed by atoms with Crippen LogP contribution in [-0.4, -0.2) is 62.1 Å². The van der Waals surface area contributed by atoms with E-state index in [1.165, 1.54) is 11.3 Å². The molecule has 1 aromatic heterocycles. The summed E-state index contributed by atoms with van der Waals surface area (Å²) in [4.78, 5) is 38.3. The molecule has 0 bridgehead atoms. The van der Waals surface area contributed by atoms with Gasteiger partial charge in [0.25, 0.3) is 5.91 Å². The Hall–Kier alpha value is -2.27. The van der Waals surface area contributed by atoms with Gasteiger partial charge < -0.3 is 20.1 Å². The second-order valence-corrected chi connectivity index (χ2v) is 8.71. The molecule has 2 N–H and O–H groups in total. The average Bonchev–Trinajstić information content (AvgIpc) is 3.15. The van der Waals surface area contributed by atoms with Crippen LogP contribution < -0.4 is 10.6 Å². The fourth-order valence-corrected chi connectivity index (χ4v) is 3.90. The number of nitrogens with one attached hydrogen (secondary N) is 2. The van der Waals surface area contributed by atoms with Crippen LogP contribution in [0, 0.1) is 0 Å². The Kier molecular flexibility index (Phi) is 7.76. The van der Waals surface area contributed by atoms with Gasteiger partial charge in [0.05, 0.1) is 23.5 Å². The molecule has 0 spiro atoms. The Morgan fingerprint density at radius 2 is 1.62 bits per heavy atom. The van der Waals surface area contributed by atoms with E-state index in [9.17, 15) is 14.4 Å². The zero-order valence-corrected chi connectivity index (χ0v) is 17.9. The maximum atomic E-state index is 12.1. The molecule has 8 nitrogen and oxygen atoms in total. The maximum Gasteiger partial charge on any atom is 0.348 e. The molecule has 2 aromatic rings. The quantitative estimate of drug-likeness (QED) is 0.589. The minimum atomic E-state index is -0.547. The van der Waals surface area contributed by atoms with Gasteiger partial charge in [-0.2, -0.15) is 0 Å². The first-order chi connectivity index (χ1) is 14.0. The lowest BCUT2D eigenvalue weighted by Crippen LogP contribution is -2.41. The summed E-state index contributed by atoms with van der Waals surface area (Å²) in [5.41, 5.74) is 1.17. The molecule has 0 saturated carbocycles. The van der Waals surface area contributed by atoms with Gasteiger partial charge in [0.2, 0.25) is 5.91 Å². The number of ether oxygens (including phenoxy) is 2. The summed E-state index contributed by atoms with van der Waals surface area (Å²) in [7, 11) is 0. The largest absolute Gasteiger partial charge is 0.451 e. The number of rotatable bonds is 7. The Balaban J connectivity index is 1.41. The lowest BCUT2D eigenvalue weighted by atomic mass is 10.2. The summed E-state index contributed by atoms with van der Waals surface area (Å²) in [5, 5.41) is 5.47. The van der Waals surface area contributed by atoms with Crippen molar-refractivity contribution < 1.29 is 23.9 Å². The molecule has 1 saturated heterocycles. The normalized spacial score (nSPS) is 14.2. The number of esters is 1. The highest BCUT2D eigenvalue weighted by Gasteiger charge is 2.15. The molecule has 10 heteroatoms. The fourth-order valence-electron chi connectivity index (χ4n) is 2.62. The zero-order chi connectivity index (χ0) is 20.6. The van der Waals surface area contributed by atoms with Crippen LogP contribution in [0.3, 0.4) is 0 Å². The van der Waals surface area contributed by atoms with E-state index in [1.807, 2.05) is 4.90 Å². The topological polar surface area (TPSA) is 97.0 Å². The van der Waals surface area contributed by atoms with E-state index in [0.717, 1.165) is 16.9 Å². The Bertz CT molecular complexity index is 865. The molecular weight excluding hydrogens is 462 g/mol. The van der Waals surface area contributed by atoms with Gasteiger partial charge in [-0.3, -0.25) is 14.5 Å². The van der Waals surface area contributed by atoms with Crippen molar-refractivity contribution in [3.8, 4) is 0 Å². The van der Waals surface area contributed by atoms with Crippen molar-refractivity contribution in [3.63, 3.8) is 0 Å². The molecule has 0 radical (unpaired) electrons. The van der Waals surface area contributed by atoms with Crippen LogP contribution in [0.4, 0.5) is 11.4 Å². The third kappa shape index (κ3) is 6.93. The molecule has 29 heavy (non-hydrogen) atoms. The van der Waals surface area contributed by atoms with E-state index in [1.54, 1.807) is 36.4 Å². The monoisotopic (exact) mass is 481 g/mol. The van der Waals surface area contributed by atoms with E-state index in [0.29, 0.717) is 36.0 Å². The molecule has 0 unspecified atom stereocenters. The van der Waals surface area contributed by atoms with Gasteiger partial charge in [-0.05, 0) is 52.3 Å². The minimum absolute atomic E-state index is 0.101. The van der Waals surface area contributed by atoms with Gasteiger partial charge in [-0.15, -0.1) is 11.3 Å². The maximum absolute atomic E-state index is 12.1. The molecule has 1 aliphatic rings. The van der Waals surface area contributed by atoms with Gasteiger partial charge in [0.15, 0.2) is 6.61 Å². The van der Waals surface area contributed by atoms with E-state index in [4.69, 9.17) is 9.47 Å². The third-order valence-corrected chi connectivity index (χ3v) is 5.64. The molecule has 3 rings (SSSR count). The van der Waals surface area contributed by atoms with Crippen molar-refractivity contribution in [1.29, 1.82) is 0 Å². The number of amides is 2. The minimum Gasteiger partial charge on any atom is -0.451 e. The predicted octanol–water partition coefficient (Wildman–Crippen LogP) is 2.58. The number of morpholine rings is 1.